The van der Waals surface area contributed by atoms with Crippen LogP contribution in [0.3, 0.4) is 0 Å². The first-order valence-electron chi connectivity index (χ1n) is 8.80. The molecule has 0 saturated carbocycles. The predicted molar refractivity (Wildman–Crippen MR) is 117 cm³/mol. The van der Waals surface area contributed by atoms with Crippen LogP contribution in [0.1, 0.15) is 17.3 Å². The van der Waals surface area contributed by atoms with Crippen molar-refractivity contribution >= 4 is 43.2 Å². The number of halogens is 1. The summed E-state index contributed by atoms with van der Waals surface area (Å²) in [7, 11) is -3.75. The average Bonchev–Trinajstić information content (AvgIpc) is 2.70. The highest BCUT2D eigenvalue weighted by molar-refractivity contribution is 9.10. The number of ether oxygens (including phenoxy) is 1. The summed E-state index contributed by atoms with van der Waals surface area (Å²) < 4.78 is 33.9. The maximum atomic E-state index is 12.6. The lowest BCUT2D eigenvalue weighted by molar-refractivity contribution is 0.102. The third-order valence-corrected chi connectivity index (χ3v) is 5.87. The van der Waals surface area contributed by atoms with E-state index in [2.05, 4.69) is 26.0 Å². The highest BCUT2D eigenvalue weighted by atomic mass is 79.9. The van der Waals surface area contributed by atoms with E-state index in [0.717, 1.165) is 4.47 Å². The summed E-state index contributed by atoms with van der Waals surface area (Å²) in [5.74, 6) is 0.391. The lowest BCUT2D eigenvalue weighted by Gasteiger charge is -2.10. The number of hydrogen-bond acceptors (Lipinski definition) is 4. The Hall–Kier alpha value is -2.84. The molecule has 150 valence electrons. The molecule has 0 radical (unpaired) electrons. The van der Waals surface area contributed by atoms with Crippen molar-refractivity contribution in [1.82, 2.24) is 0 Å². The van der Waals surface area contributed by atoms with E-state index < -0.39 is 10.0 Å². The van der Waals surface area contributed by atoms with Gasteiger partial charge in [0.2, 0.25) is 0 Å². The smallest absolute Gasteiger partial charge is 0.261 e. The molecular weight excluding hydrogens is 456 g/mol. The van der Waals surface area contributed by atoms with Crippen LogP contribution in [0.25, 0.3) is 0 Å². The number of amides is 1. The monoisotopic (exact) mass is 474 g/mol. The molecule has 0 unspecified atom stereocenters. The molecule has 0 aliphatic heterocycles. The fourth-order valence-corrected chi connectivity index (χ4v) is 3.84. The number of benzene rings is 3. The normalized spacial score (nSPS) is 11.0. The lowest BCUT2D eigenvalue weighted by atomic mass is 10.2. The first kappa shape index (κ1) is 20.9. The summed E-state index contributed by atoms with van der Waals surface area (Å²) in [5, 5.41) is 2.74. The van der Waals surface area contributed by atoms with Crippen LogP contribution in [0.2, 0.25) is 0 Å². The SMILES string of the molecule is CCOc1ccc(NS(=O)(=O)c2ccc(NC(=O)c3ccc(Br)cc3)cc2)cc1. The van der Waals surface area contributed by atoms with Gasteiger partial charge in [-0.3, -0.25) is 9.52 Å². The zero-order chi connectivity index (χ0) is 20.9. The molecule has 2 N–H and O–H groups in total. The zero-order valence-electron chi connectivity index (χ0n) is 15.6. The first-order chi connectivity index (χ1) is 13.9. The highest BCUT2D eigenvalue weighted by Gasteiger charge is 2.15. The molecule has 1 amide bonds. The number of nitrogens with one attached hydrogen (secondary N) is 2. The van der Waals surface area contributed by atoms with Crippen LogP contribution in [0.5, 0.6) is 5.75 Å². The summed E-state index contributed by atoms with van der Waals surface area (Å²) in [5.41, 5.74) is 1.43. The number of sulfonamides is 1. The molecular formula is C21H19BrN2O4S. The summed E-state index contributed by atoms with van der Waals surface area (Å²) in [4.78, 5) is 12.3. The number of carbonyl (C=O) groups is 1. The Kier molecular flexibility index (Phi) is 6.56. The van der Waals surface area contributed by atoms with E-state index in [-0.39, 0.29) is 10.8 Å². The van der Waals surface area contributed by atoms with Gasteiger partial charge in [0, 0.05) is 21.4 Å². The van der Waals surface area contributed by atoms with Crippen LogP contribution in [0.4, 0.5) is 11.4 Å². The molecule has 0 aliphatic carbocycles. The van der Waals surface area contributed by atoms with Gasteiger partial charge in [0.15, 0.2) is 0 Å². The number of rotatable bonds is 7. The predicted octanol–water partition coefficient (Wildman–Crippen LogP) is 4.90. The van der Waals surface area contributed by atoms with Gasteiger partial charge in [-0.2, -0.15) is 0 Å². The topological polar surface area (TPSA) is 84.5 Å². The Bertz CT molecular complexity index is 1080. The molecule has 0 aromatic heterocycles. The second-order valence-electron chi connectivity index (χ2n) is 6.05. The third kappa shape index (κ3) is 5.58. The van der Waals surface area contributed by atoms with E-state index in [0.29, 0.717) is 29.3 Å². The van der Waals surface area contributed by atoms with E-state index in [1.54, 1.807) is 60.7 Å². The van der Waals surface area contributed by atoms with Crippen molar-refractivity contribution in [2.75, 3.05) is 16.6 Å². The quantitative estimate of drug-likeness (QED) is 0.509. The molecule has 3 aromatic carbocycles. The molecule has 29 heavy (non-hydrogen) atoms. The Balaban J connectivity index is 1.68. The van der Waals surface area contributed by atoms with E-state index >= 15 is 0 Å². The van der Waals surface area contributed by atoms with Crippen molar-refractivity contribution < 1.29 is 17.9 Å². The Morgan fingerprint density at radius 3 is 2.07 bits per heavy atom. The standard InChI is InChI=1S/C21H19BrN2O4S/c1-2-28-19-11-7-18(8-12-19)24-29(26,27)20-13-9-17(10-14-20)23-21(25)15-3-5-16(22)6-4-15/h3-14,24H,2H2,1H3,(H,23,25). The van der Waals surface area contributed by atoms with E-state index in [1.807, 2.05) is 6.92 Å². The van der Waals surface area contributed by atoms with Crippen molar-refractivity contribution in [2.24, 2.45) is 0 Å². The van der Waals surface area contributed by atoms with Gasteiger partial charge in [-0.1, -0.05) is 15.9 Å². The maximum absolute atomic E-state index is 12.6. The molecule has 3 rings (SSSR count). The third-order valence-electron chi connectivity index (χ3n) is 3.95. The van der Waals surface area contributed by atoms with Gasteiger partial charge < -0.3 is 10.1 Å². The second kappa shape index (κ2) is 9.11. The number of anilines is 2. The van der Waals surface area contributed by atoms with Crippen molar-refractivity contribution in [2.45, 2.75) is 11.8 Å². The van der Waals surface area contributed by atoms with Crippen LogP contribution < -0.4 is 14.8 Å². The minimum atomic E-state index is -3.75. The van der Waals surface area contributed by atoms with Crippen LogP contribution in [0, 0.1) is 0 Å². The molecule has 0 saturated heterocycles. The first-order valence-corrected chi connectivity index (χ1v) is 11.1. The fourth-order valence-electron chi connectivity index (χ4n) is 2.52. The van der Waals surface area contributed by atoms with Gasteiger partial charge in [-0.15, -0.1) is 0 Å². The van der Waals surface area contributed by atoms with Crippen LogP contribution >= 0.6 is 15.9 Å². The van der Waals surface area contributed by atoms with Gasteiger partial charge >= 0.3 is 0 Å². The summed E-state index contributed by atoms with van der Waals surface area (Å²) >= 11 is 3.32. The molecule has 3 aromatic rings. The maximum Gasteiger partial charge on any atom is 0.261 e. The molecule has 0 bridgehead atoms. The molecule has 0 atom stereocenters. The highest BCUT2D eigenvalue weighted by Crippen LogP contribution is 2.21. The van der Waals surface area contributed by atoms with Crippen molar-refractivity contribution in [3.8, 4) is 5.75 Å². The fraction of sp³-hybridized carbons (Fsp3) is 0.0952. The minimum Gasteiger partial charge on any atom is -0.494 e. The lowest BCUT2D eigenvalue weighted by Crippen LogP contribution is -2.14. The zero-order valence-corrected chi connectivity index (χ0v) is 18.0. The summed E-state index contributed by atoms with van der Waals surface area (Å²) in [6, 6.07) is 19.6. The Labute approximate surface area is 178 Å². The number of carbonyl (C=O) groups excluding carboxylic acids is 1. The number of hydrogen-bond donors (Lipinski definition) is 2. The molecule has 8 heteroatoms. The van der Waals surface area contributed by atoms with Crippen LogP contribution in [-0.2, 0) is 10.0 Å². The molecule has 0 heterocycles. The van der Waals surface area contributed by atoms with Crippen LogP contribution in [0.15, 0.2) is 82.2 Å². The minimum absolute atomic E-state index is 0.0908. The average molecular weight is 475 g/mol. The van der Waals surface area contributed by atoms with Crippen LogP contribution in [-0.4, -0.2) is 20.9 Å². The van der Waals surface area contributed by atoms with Gasteiger partial charge in [0.1, 0.15) is 5.75 Å². The van der Waals surface area contributed by atoms with E-state index in [1.165, 1.54) is 12.1 Å². The summed E-state index contributed by atoms with van der Waals surface area (Å²) in [6.45, 7) is 2.41. The Morgan fingerprint density at radius 2 is 1.48 bits per heavy atom. The van der Waals surface area contributed by atoms with Gasteiger partial charge in [-0.05, 0) is 79.7 Å². The van der Waals surface area contributed by atoms with Gasteiger partial charge in [-0.25, -0.2) is 8.42 Å². The largest absolute Gasteiger partial charge is 0.494 e. The van der Waals surface area contributed by atoms with E-state index in [4.69, 9.17) is 4.74 Å². The molecule has 6 nitrogen and oxygen atoms in total. The second-order valence-corrected chi connectivity index (χ2v) is 8.65. The van der Waals surface area contributed by atoms with Gasteiger partial charge in [0.05, 0.1) is 11.5 Å². The van der Waals surface area contributed by atoms with Crippen molar-refractivity contribution in [1.29, 1.82) is 0 Å². The molecule has 0 spiro atoms. The molecule has 0 fully saturated rings. The molecule has 0 aliphatic rings. The Morgan fingerprint density at radius 1 is 0.897 bits per heavy atom. The van der Waals surface area contributed by atoms with E-state index in [9.17, 15) is 13.2 Å². The van der Waals surface area contributed by atoms with Crippen molar-refractivity contribution in [3.05, 3.63) is 82.8 Å². The van der Waals surface area contributed by atoms with Gasteiger partial charge in [0.25, 0.3) is 15.9 Å². The van der Waals surface area contributed by atoms with Crippen molar-refractivity contribution in [3.63, 3.8) is 0 Å². The summed E-state index contributed by atoms with van der Waals surface area (Å²) in [6.07, 6.45) is 0.